The summed E-state index contributed by atoms with van der Waals surface area (Å²) in [7, 11) is 0. The van der Waals surface area contributed by atoms with E-state index < -0.39 is 0 Å². The maximum atomic E-state index is 5.95. The third-order valence-electron chi connectivity index (χ3n) is 1.98. The normalized spacial score (nSPS) is 10.9. The predicted molar refractivity (Wildman–Crippen MR) is 53.1 cm³/mol. The van der Waals surface area contributed by atoms with Crippen molar-refractivity contribution in [2.75, 3.05) is 0 Å². The molecule has 12 heavy (non-hydrogen) atoms. The second-order valence-electron chi connectivity index (χ2n) is 2.73. The summed E-state index contributed by atoms with van der Waals surface area (Å²) in [5.74, 6) is 0. The summed E-state index contributed by atoms with van der Waals surface area (Å²) in [6.07, 6.45) is 0. The summed E-state index contributed by atoms with van der Waals surface area (Å²) in [4.78, 5) is 3.03. The lowest BCUT2D eigenvalue weighted by Gasteiger charge is -1.92. The molecule has 0 radical (unpaired) electrons. The van der Waals surface area contributed by atoms with E-state index in [-0.39, 0.29) is 0 Å². The first-order valence-corrected chi connectivity index (χ1v) is 4.38. The molecule has 0 aliphatic carbocycles. The highest BCUT2D eigenvalue weighted by atomic mass is 35.5. The minimum Gasteiger partial charge on any atom is -0.344 e. The van der Waals surface area contributed by atoms with Crippen LogP contribution >= 0.6 is 23.2 Å². The van der Waals surface area contributed by atoms with Gasteiger partial charge in [0.25, 0.3) is 0 Å². The fourth-order valence-electron chi connectivity index (χ4n) is 1.29. The average molecular weight is 200 g/mol. The molecule has 1 aromatic carbocycles. The molecule has 0 saturated heterocycles. The maximum Gasteiger partial charge on any atom is 0.110 e. The Hall–Kier alpha value is -0.660. The zero-order chi connectivity index (χ0) is 8.72. The molecule has 0 aliphatic rings. The van der Waals surface area contributed by atoms with Crippen LogP contribution in [0, 0.1) is 6.92 Å². The average Bonchev–Trinajstić information content (AvgIpc) is 2.32. The summed E-state index contributed by atoms with van der Waals surface area (Å²) in [5.41, 5.74) is 1.97. The molecular weight excluding hydrogens is 193 g/mol. The minimum absolute atomic E-state index is 0.665. The van der Waals surface area contributed by atoms with Crippen LogP contribution in [0.4, 0.5) is 0 Å². The van der Waals surface area contributed by atoms with Crippen molar-refractivity contribution >= 4 is 34.1 Å². The number of halogens is 2. The molecule has 0 fully saturated rings. The fourth-order valence-corrected chi connectivity index (χ4v) is 1.70. The van der Waals surface area contributed by atoms with E-state index in [4.69, 9.17) is 23.2 Å². The van der Waals surface area contributed by atoms with Crippen LogP contribution < -0.4 is 0 Å². The van der Waals surface area contributed by atoms with E-state index in [0.29, 0.717) is 10.2 Å². The van der Waals surface area contributed by atoms with Crippen molar-refractivity contribution in [2.45, 2.75) is 6.92 Å². The first kappa shape index (κ1) is 7.96. The molecule has 0 saturated carbocycles. The van der Waals surface area contributed by atoms with E-state index >= 15 is 0 Å². The maximum absolute atomic E-state index is 5.95. The van der Waals surface area contributed by atoms with Crippen LogP contribution in [-0.4, -0.2) is 4.98 Å². The van der Waals surface area contributed by atoms with Gasteiger partial charge in [-0.2, -0.15) is 0 Å². The highest BCUT2D eigenvalue weighted by Gasteiger charge is 2.06. The zero-order valence-corrected chi connectivity index (χ0v) is 8.00. The van der Waals surface area contributed by atoms with Crippen molar-refractivity contribution < 1.29 is 0 Å². The van der Waals surface area contributed by atoms with Crippen LogP contribution in [0.2, 0.25) is 10.2 Å². The molecule has 2 aromatic rings. The molecule has 1 N–H and O–H groups in total. The van der Waals surface area contributed by atoms with E-state index in [1.54, 1.807) is 0 Å². The molecule has 1 nitrogen and oxygen atoms in total. The number of nitrogens with one attached hydrogen (secondary N) is 1. The highest BCUT2D eigenvalue weighted by molar-refractivity contribution is 6.37. The first-order chi connectivity index (χ1) is 5.70. The fraction of sp³-hybridized carbons (Fsp3) is 0.111. The number of hydrogen-bond acceptors (Lipinski definition) is 0. The van der Waals surface area contributed by atoms with Gasteiger partial charge in [-0.15, -0.1) is 0 Å². The van der Waals surface area contributed by atoms with Crippen LogP contribution in [0.1, 0.15) is 5.56 Å². The van der Waals surface area contributed by atoms with E-state index in [0.717, 1.165) is 16.5 Å². The molecule has 2 rings (SSSR count). The number of aryl methyl sites for hydroxylation is 1. The summed E-state index contributed by atoms with van der Waals surface area (Å²) >= 11 is 11.9. The molecule has 0 amide bonds. The summed E-state index contributed by atoms with van der Waals surface area (Å²) in [6.45, 7) is 1.97. The third kappa shape index (κ3) is 1.01. The third-order valence-corrected chi connectivity index (χ3v) is 2.67. The van der Waals surface area contributed by atoms with Gasteiger partial charge in [0.05, 0.1) is 10.5 Å². The second kappa shape index (κ2) is 2.68. The molecule has 0 spiro atoms. The number of rotatable bonds is 0. The van der Waals surface area contributed by atoms with Crippen LogP contribution in [0.25, 0.3) is 10.9 Å². The number of para-hydroxylation sites is 1. The van der Waals surface area contributed by atoms with Gasteiger partial charge in [0, 0.05) is 5.39 Å². The SMILES string of the molecule is Cc1c(Cl)[nH]c2c(Cl)cccc12. The van der Waals surface area contributed by atoms with Crippen LogP contribution in [0.15, 0.2) is 18.2 Å². The van der Waals surface area contributed by atoms with Crippen molar-refractivity contribution in [1.29, 1.82) is 0 Å². The van der Waals surface area contributed by atoms with Crippen LogP contribution in [-0.2, 0) is 0 Å². The lowest BCUT2D eigenvalue weighted by molar-refractivity contribution is 1.42. The number of aromatic amines is 1. The molecular formula is C9H7Cl2N. The highest BCUT2D eigenvalue weighted by Crippen LogP contribution is 2.29. The van der Waals surface area contributed by atoms with E-state index in [1.165, 1.54) is 0 Å². The van der Waals surface area contributed by atoms with Crippen LogP contribution in [0.5, 0.6) is 0 Å². The summed E-state index contributed by atoms with van der Waals surface area (Å²) in [5, 5.41) is 2.47. The zero-order valence-electron chi connectivity index (χ0n) is 6.49. The lowest BCUT2D eigenvalue weighted by atomic mass is 10.2. The first-order valence-electron chi connectivity index (χ1n) is 3.62. The van der Waals surface area contributed by atoms with Gasteiger partial charge in [-0.25, -0.2) is 0 Å². The smallest absolute Gasteiger partial charge is 0.110 e. The standard InChI is InChI=1S/C9H7Cl2N/c1-5-6-3-2-4-7(10)8(6)12-9(5)11/h2-4,12H,1H3. The molecule has 0 aliphatic heterocycles. The molecule has 1 aromatic heterocycles. The summed E-state index contributed by atoms with van der Waals surface area (Å²) in [6, 6.07) is 5.76. The van der Waals surface area contributed by atoms with Crippen molar-refractivity contribution in [2.24, 2.45) is 0 Å². The van der Waals surface area contributed by atoms with E-state index in [2.05, 4.69) is 4.98 Å². The predicted octanol–water partition coefficient (Wildman–Crippen LogP) is 3.78. The Morgan fingerprint density at radius 3 is 2.67 bits per heavy atom. The number of benzene rings is 1. The van der Waals surface area contributed by atoms with Gasteiger partial charge < -0.3 is 4.98 Å². The molecule has 3 heteroatoms. The Balaban J connectivity index is 2.95. The molecule has 62 valence electrons. The molecule has 0 unspecified atom stereocenters. The van der Waals surface area contributed by atoms with E-state index in [9.17, 15) is 0 Å². The van der Waals surface area contributed by atoms with Crippen molar-refractivity contribution in [1.82, 2.24) is 4.98 Å². The lowest BCUT2D eigenvalue weighted by Crippen LogP contribution is -1.69. The Morgan fingerprint density at radius 1 is 1.25 bits per heavy atom. The number of hydrogen-bond donors (Lipinski definition) is 1. The van der Waals surface area contributed by atoms with Gasteiger partial charge >= 0.3 is 0 Å². The number of fused-ring (bicyclic) bond motifs is 1. The van der Waals surface area contributed by atoms with Gasteiger partial charge in [-0.1, -0.05) is 35.3 Å². The Labute approximate surface area is 80.3 Å². The second-order valence-corrected chi connectivity index (χ2v) is 3.51. The van der Waals surface area contributed by atoms with Crippen LogP contribution in [0.3, 0.4) is 0 Å². The van der Waals surface area contributed by atoms with Gasteiger partial charge in [0.2, 0.25) is 0 Å². The number of aromatic nitrogens is 1. The van der Waals surface area contributed by atoms with Gasteiger partial charge in [0.1, 0.15) is 5.15 Å². The van der Waals surface area contributed by atoms with Gasteiger partial charge in [-0.3, -0.25) is 0 Å². The topological polar surface area (TPSA) is 15.8 Å². The Kier molecular flexibility index (Phi) is 1.78. The van der Waals surface area contributed by atoms with Crippen molar-refractivity contribution in [3.05, 3.63) is 33.9 Å². The molecule has 0 atom stereocenters. The van der Waals surface area contributed by atoms with Gasteiger partial charge in [0.15, 0.2) is 0 Å². The monoisotopic (exact) mass is 199 g/mol. The Morgan fingerprint density at radius 2 is 2.00 bits per heavy atom. The number of H-pyrrole nitrogens is 1. The largest absolute Gasteiger partial charge is 0.344 e. The van der Waals surface area contributed by atoms with Gasteiger partial charge in [-0.05, 0) is 18.6 Å². The molecule has 0 bridgehead atoms. The Bertz CT molecular complexity index is 431. The van der Waals surface area contributed by atoms with Crippen molar-refractivity contribution in [3.8, 4) is 0 Å². The van der Waals surface area contributed by atoms with Crippen molar-refractivity contribution in [3.63, 3.8) is 0 Å². The van der Waals surface area contributed by atoms with E-state index in [1.807, 2.05) is 25.1 Å². The summed E-state index contributed by atoms with van der Waals surface area (Å²) < 4.78 is 0. The quantitative estimate of drug-likeness (QED) is 0.665. The minimum atomic E-state index is 0.665. The molecule has 1 heterocycles.